The highest BCUT2D eigenvalue weighted by Crippen LogP contribution is 2.31. The van der Waals surface area contributed by atoms with Crippen molar-refractivity contribution in [3.8, 4) is 11.1 Å². The standard InChI is InChI=1S/C28H26ClN3O4S2/c29-19-12-9-18-15-25(37-24(18)16-19)28(34)32-23-7-3-1-6-22(23)27(33)31-20-13-10-17(11-14-20)21-5-2-4-8-26(21)38(30,35)36/h2,4-5,8-16,22-23H,1,3,6-7H2,(H,31,33)(H,32,34)(H2,30,35,36)/t22-,23+/m0/s1. The Balaban J connectivity index is 1.28. The summed E-state index contributed by atoms with van der Waals surface area (Å²) in [5, 5.41) is 13.0. The molecule has 2 atom stereocenters. The number of halogens is 1. The van der Waals surface area contributed by atoms with Gasteiger partial charge in [-0.1, -0.05) is 60.8 Å². The molecule has 1 aliphatic carbocycles. The first-order chi connectivity index (χ1) is 18.2. The van der Waals surface area contributed by atoms with Gasteiger partial charge in [0.25, 0.3) is 5.91 Å². The molecule has 1 saturated carbocycles. The number of nitrogens with one attached hydrogen (secondary N) is 2. The number of sulfonamides is 1. The number of thiophene rings is 1. The zero-order valence-electron chi connectivity index (χ0n) is 20.3. The van der Waals surface area contributed by atoms with Crippen molar-refractivity contribution in [2.24, 2.45) is 11.1 Å². The average Bonchev–Trinajstić information content (AvgIpc) is 3.32. The van der Waals surface area contributed by atoms with Gasteiger partial charge in [0, 0.05) is 27.0 Å². The van der Waals surface area contributed by atoms with Crippen molar-refractivity contribution in [3.05, 3.63) is 82.7 Å². The quantitative estimate of drug-likeness (QED) is 0.273. The van der Waals surface area contributed by atoms with Crippen molar-refractivity contribution < 1.29 is 18.0 Å². The molecule has 0 radical (unpaired) electrons. The van der Waals surface area contributed by atoms with Gasteiger partial charge in [-0.3, -0.25) is 9.59 Å². The molecule has 7 nitrogen and oxygen atoms in total. The SMILES string of the molecule is NS(=O)(=O)c1ccccc1-c1ccc(NC(=O)[C@H]2CCCC[C@H]2NC(=O)c2cc3ccc(Cl)cc3s2)cc1. The molecule has 0 unspecified atom stereocenters. The molecular formula is C28H26ClN3O4S2. The van der Waals surface area contributed by atoms with Crippen LogP contribution in [-0.4, -0.2) is 26.3 Å². The Morgan fingerprint density at radius 1 is 0.947 bits per heavy atom. The highest BCUT2D eigenvalue weighted by Gasteiger charge is 2.32. The first-order valence-corrected chi connectivity index (χ1v) is 15.0. The van der Waals surface area contributed by atoms with Gasteiger partial charge in [-0.15, -0.1) is 11.3 Å². The molecule has 1 fully saturated rings. The van der Waals surface area contributed by atoms with E-state index in [9.17, 15) is 18.0 Å². The van der Waals surface area contributed by atoms with Gasteiger partial charge in [-0.05, 0) is 60.2 Å². The van der Waals surface area contributed by atoms with Gasteiger partial charge in [-0.25, -0.2) is 13.6 Å². The molecule has 0 aliphatic heterocycles. The summed E-state index contributed by atoms with van der Waals surface area (Å²) in [5.74, 6) is -0.708. The second kappa shape index (κ2) is 10.9. The maximum atomic E-state index is 13.2. The van der Waals surface area contributed by atoms with E-state index < -0.39 is 10.0 Å². The van der Waals surface area contributed by atoms with Crippen LogP contribution in [0.1, 0.15) is 35.4 Å². The van der Waals surface area contributed by atoms with E-state index in [1.54, 1.807) is 48.5 Å². The predicted molar refractivity (Wildman–Crippen MR) is 152 cm³/mol. The fourth-order valence-electron chi connectivity index (χ4n) is 4.90. The molecule has 0 spiro atoms. The molecule has 0 bridgehead atoms. The van der Waals surface area contributed by atoms with Crippen LogP contribution in [0.15, 0.2) is 77.7 Å². The fraction of sp³-hybridized carbons (Fsp3) is 0.214. The van der Waals surface area contributed by atoms with Gasteiger partial charge in [-0.2, -0.15) is 0 Å². The number of nitrogens with two attached hydrogens (primary N) is 1. The minimum atomic E-state index is -3.88. The largest absolute Gasteiger partial charge is 0.348 e. The summed E-state index contributed by atoms with van der Waals surface area (Å²) < 4.78 is 24.9. The number of rotatable bonds is 6. The van der Waals surface area contributed by atoms with Crippen molar-refractivity contribution in [3.63, 3.8) is 0 Å². The highest BCUT2D eigenvalue weighted by atomic mass is 35.5. The van der Waals surface area contributed by atoms with Crippen LogP contribution < -0.4 is 15.8 Å². The Bertz CT molecular complexity index is 1620. The summed E-state index contributed by atoms with van der Waals surface area (Å²) >= 11 is 7.46. The normalized spacial score (nSPS) is 17.7. The topological polar surface area (TPSA) is 118 Å². The van der Waals surface area contributed by atoms with Crippen LogP contribution in [0.5, 0.6) is 0 Å². The lowest BCUT2D eigenvalue weighted by atomic mass is 9.83. The van der Waals surface area contributed by atoms with Crippen LogP contribution in [0.4, 0.5) is 5.69 Å². The maximum absolute atomic E-state index is 13.2. The fourth-order valence-corrected chi connectivity index (χ4v) is 6.90. The summed E-state index contributed by atoms with van der Waals surface area (Å²) in [5.41, 5.74) is 1.75. The molecule has 5 rings (SSSR count). The third kappa shape index (κ3) is 5.76. The van der Waals surface area contributed by atoms with Gasteiger partial charge in [0.05, 0.1) is 15.7 Å². The highest BCUT2D eigenvalue weighted by molar-refractivity contribution is 7.89. The smallest absolute Gasteiger partial charge is 0.261 e. The zero-order chi connectivity index (χ0) is 26.9. The third-order valence-electron chi connectivity index (χ3n) is 6.78. The second-order valence-electron chi connectivity index (χ2n) is 9.37. The molecule has 0 saturated heterocycles. The van der Waals surface area contributed by atoms with Gasteiger partial charge < -0.3 is 10.6 Å². The Hall–Kier alpha value is -3.24. The van der Waals surface area contributed by atoms with E-state index in [0.29, 0.717) is 33.1 Å². The van der Waals surface area contributed by atoms with E-state index in [1.165, 1.54) is 17.4 Å². The lowest BCUT2D eigenvalue weighted by Gasteiger charge is -2.31. The first-order valence-electron chi connectivity index (χ1n) is 12.2. The average molecular weight is 568 g/mol. The molecule has 3 aromatic carbocycles. The van der Waals surface area contributed by atoms with Crippen molar-refractivity contribution in [1.29, 1.82) is 0 Å². The monoisotopic (exact) mass is 567 g/mol. The van der Waals surface area contributed by atoms with Gasteiger partial charge in [0.15, 0.2) is 0 Å². The minimum absolute atomic E-state index is 0.0410. The number of carbonyl (C=O) groups excluding carboxylic acids is 2. The van der Waals surface area contributed by atoms with Crippen molar-refractivity contribution in [1.82, 2.24) is 5.32 Å². The molecular weight excluding hydrogens is 542 g/mol. The zero-order valence-corrected chi connectivity index (χ0v) is 22.7. The predicted octanol–water partition coefficient (Wildman–Crippen LogP) is 5.80. The van der Waals surface area contributed by atoms with E-state index in [-0.39, 0.29) is 28.7 Å². The lowest BCUT2D eigenvalue weighted by molar-refractivity contribution is -0.121. The Labute approximate surface area is 230 Å². The summed E-state index contributed by atoms with van der Waals surface area (Å²) in [4.78, 5) is 26.9. The Morgan fingerprint density at radius 2 is 1.68 bits per heavy atom. The second-order valence-corrected chi connectivity index (χ2v) is 12.4. The van der Waals surface area contributed by atoms with E-state index in [2.05, 4.69) is 10.6 Å². The molecule has 38 heavy (non-hydrogen) atoms. The molecule has 2 amide bonds. The molecule has 4 aromatic rings. The summed E-state index contributed by atoms with van der Waals surface area (Å²) in [6.07, 6.45) is 3.26. The van der Waals surface area contributed by atoms with Crippen LogP contribution in [0.3, 0.4) is 0 Å². The van der Waals surface area contributed by atoms with Crippen LogP contribution in [0.25, 0.3) is 21.2 Å². The molecule has 1 aliphatic rings. The van der Waals surface area contributed by atoms with Crippen LogP contribution >= 0.6 is 22.9 Å². The van der Waals surface area contributed by atoms with E-state index in [4.69, 9.17) is 16.7 Å². The van der Waals surface area contributed by atoms with E-state index >= 15 is 0 Å². The molecule has 1 heterocycles. The van der Waals surface area contributed by atoms with Crippen LogP contribution in [0.2, 0.25) is 5.02 Å². The number of primary sulfonamides is 1. The van der Waals surface area contributed by atoms with Crippen molar-refractivity contribution in [2.75, 3.05) is 5.32 Å². The summed E-state index contributed by atoms with van der Waals surface area (Å²) in [7, 11) is -3.88. The number of amides is 2. The lowest BCUT2D eigenvalue weighted by Crippen LogP contribution is -2.46. The summed E-state index contributed by atoms with van der Waals surface area (Å²) in [6, 6.07) is 20.6. The van der Waals surface area contributed by atoms with Crippen LogP contribution in [-0.2, 0) is 14.8 Å². The van der Waals surface area contributed by atoms with Gasteiger partial charge >= 0.3 is 0 Å². The van der Waals surface area contributed by atoms with Gasteiger partial charge in [0.2, 0.25) is 15.9 Å². The van der Waals surface area contributed by atoms with Gasteiger partial charge in [0.1, 0.15) is 0 Å². The number of fused-ring (bicyclic) bond motifs is 1. The maximum Gasteiger partial charge on any atom is 0.261 e. The summed E-state index contributed by atoms with van der Waals surface area (Å²) in [6.45, 7) is 0. The number of carbonyl (C=O) groups is 2. The Kier molecular flexibility index (Phi) is 7.54. The van der Waals surface area contributed by atoms with E-state index in [0.717, 1.165) is 29.3 Å². The minimum Gasteiger partial charge on any atom is -0.348 e. The Morgan fingerprint density at radius 3 is 2.45 bits per heavy atom. The molecule has 10 heteroatoms. The molecule has 1 aromatic heterocycles. The third-order valence-corrected chi connectivity index (χ3v) is 9.08. The first kappa shape index (κ1) is 26.4. The van der Waals surface area contributed by atoms with E-state index in [1.807, 2.05) is 18.2 Å². The number of benzene rings is 3. The molecule has 196 valence electrons. The van der Waals surface area contributed by atoms with Crippen molar-refractivity contribution >= 4 is 60.5 Å². The number of anilines is 1. The van der Waals surface area contributed by atoms with Crippen molar-refractivity contribution in [2.45, 2.75) is 36.6 Å². The number of hydrogen-bond acceptors (Lipinski definition) is 5. The number of hydrogen-bond donors (Lipinski definition) is 3. The van der Waals surface area contributed by atoms with Crippen LogP contribution in [0, 0.1) is 5.92 Å². The molecule has 4 N–H and O–H groups in total.